The van der Waals surface area contributed by atoms with Crippen LogP contribution in [0.1, 0.15) is 18.5 Å². The molecule has 1 saturated heterocycles. The van der Waals surface area contributed by atoms with Crippen molar-refractivity contribution in [2.45, 2.75) is 13.0 Å². The summed E-state index contributed by atoms with van der Waals surface area (Å²) < 4.78 is 5.28. The van der Waals surface area contributed by atoms with Crippen LogP contribution in [0.25, 0.3) is 0 Å². The van der Waals surface area contributed by atoms with Crippen molar-refractivity contribution >= 4 is 23.6 Å². The highest BCUT2D eigenvalue weighted by atomic mass is 32.2. The fourth-order valence-electron chi connectivity index (χ4n) is 2.10. The van der Waals surface area contributed by atoms with Gasteiger partial charge in [-0.1, -0.05) is 18.2 Å². The van der Waals surface area contributed by atoms with Gasteiger partial charge in [0.15, 0.2) is 0 Å². The van der Waals surface area contributed by atoms with Crippen LogP contribution in [0.2, 0.25) is 0 Å². The number of benzene rings is 1. The molecule has 0 aromatic heterocycles. The second-order valence-electron chi connectivity index (χ2n) is 4.60. The zero-order valence-electron chi connectivity index (χ0n) is 11.6. The Morgan fingerprint density at radius 1 is 1.50 bits per heavy atom. The largest absolute Gasteiger partial charge is 0.496 e. The van der Waals surface area contributed by atoms with Gasteiger partial charge in [-0.2, -0.15) is 0 Å². The number of nitrogens with one attached hydrogen (secondary N) is 1. The van der Waals surface area contributed by atoms with Gasteiger partial charge in [-0.15, -0.1) is 11.8 Å². The minimum atomic E-state index is -0.163. The number of hydrogen-bond acceptors (Lipinski definition) is 4. The molecule has 1 fully saturated rings. The quantitative estimate of drug-likeness (QED) is 0.892. The first kappa shape index (κ1) is 14.7. The van der Waals surface area contributed by atoms with Crippen molar-refractivity contribution in [3.05, 3.63) is 29.8 Å². The summed E-state index contributed by atoms with van der Waals surface area (Å²) in [6, 6.07) is 7.40. The van der Waals surface area contributed by atoms with Crippen LogP contribution in [0.15, 0.2) is 24.3 Å². The second-order valence-corrected chi connectivity index (χ2v) is 5.56. The number of carbonyl (C=O) groups is 2. The molecule has 2 amide bonds. The van der Waals surface area contributed by atoms with E-state index in [9.17, 15) is 9.59 Å². The minimum absolute atomic E-state index is 0.0232. The van der Waals surface area contributed by atoms with E-state index in [1.54, 1.807) is 12.0 Å². The molecule has 1 unspecified atom stereocenters. The number of para-hydroxylation sites is 1. The highest BCUT2D eigenvalue weighted by Crippen LogP contribution is 2.24. The number of rotatable bonds is 5. The van der Waals surface area contributed by atoms with Gasteiger partial charge >= 0.3 is 0 Å². The number of nitrogens with zero attached hydrogens (tertiary/aromatic N) is 1. The average Bonchev–Trinajstić information content (AvgIpc) is 2.84. The third kappa shape index (κ3) is 3.45. The lowest BCUT2D eigenvalue weighted by Gasteiger charge is -2.19. The van der Waals surface area contributed by atoms with Gasteiger partial charge in [0, 0.05) is 5.56 Å². The van der Waals surface area contributed by atoms with Crippen LogP contribution < -0.4 is 10.1 Å². The van der Waals surface area contributed by atoms with E-state index in [0.717, 1.165) is 11.3 Å². The van der Waals surface area contributed by atoms with Crippen LogP contribution in [0.4, 0.5) is 0 Å². The lowest BCUT2D eigenvalue weighted by atomic mass is 10.1. The molecule has 6 heteroatoms. The van der Waals surface area contributed by atoms with Crippen molar-refractivity contribution in [3.63, 3.8) is 0 Å². The molecule has 1 aromatic rings. The SMILES string of the molecule is COc1ccccc1C(C)NC(=O)CN1CSCC1=O. The molecule has 0 saturated carbocycles. The van der Waals surface area contributed by atoms with Crippen molar-refractivity contribution in [1.29, 1.82) is 0 Å². The van der Waals surface area contributed by atoms with Gasteiger partial charge in [0.1, 0.15) is 12.3 Å². The lowest BCUT2D eigenvalue weighted by Crippen LogP contribution is -2.39. The summed E-state index contributed by atoms with van der Waals surface area (Å²) in [7, 11) is 1.60. The molecule has 2 rings (SSSR count). The number of ether oxygens (including phenoxy) is 1. The van der Waals surface area contributed by atoms with Crippen LogP contribution in [0.3, 0.4) is 0 Å². The number of methoxy groups -OCH3 is 1. The summed E-state index contributed by atoms with van der Waals surface area (Å²) in [5.41, 5.74) is 0.922. The molecule has 5 nitrogen and oxygen atoms in total. The van der Waals surface area contributed by atoms with Gasteiger partial charge in [0.2, 0.25) is 11.8 Å². The topological polar surface area (TPSA) is 58.6 Å². The predicted octanol–water partition coefficient (Wildman–Crippen LogP) is 1.41. The number of hydrogen-bond donors (Lipinski definition) is 1. The first-order valence-electron chi connectivity index (χ1n) is 6.39. The Morgan fingerprint density at radius 2 is 2.25 bits per heavy atom. The van der Waals surface area contributed by atoms with Crippen LogP contribution in [0, 0.1) is 0 Å². The van der Waals surface area contributed by atoms with Crippen molar-refractivity contribution in [2.24, 2.45) is 0 Å². The second kappa shape index (κ2) is 6.65. The highest BCUT2D eigenvalue weighted by Gasteiger charge is 2.23. The van der Waals surface area contributed by atoms with Crippen molar-refractivity contribution < 1.29 is 14.3 Å². The Kier molecular flexibility index (Phi) is 4.89. The zero-order chi connectivity index (χ0) is 14.5. The van der Waals surface area contributed by atoms with Gasteiger partial charge < -0.3 is 15.0 Å². The van der Waals surface area contributed by atoms with Gasteiger partial charge in [-0.3, -0.25) is 9.59 Å². The molecule has 1 aromatic carbocycles. The minimum Gasteiger partial charge on any atom is -0.496 e. The van der Waals surface area contributed by atoms with Crippen LogP contribution in [-0.4, -0.2) is 42.0 Å². The summed E-state index contributed by atoms with van der Waals surface area (Å²) in [6.07, 6.45) is 0. The molecule has 0 aliphatic carbocycles. The molecule has 1 aliphatic rings. The zero-order valence-corrected chi connectivity index (χ0v) is 12.4. The summed E-state index contributed by atoms with van der Waals surface area (Å²) in [6.45, 7) is 2.02. The Hall–Kier alpha value is -1.69. The first-order chi connectivity index (χ1) is 9.61. The molecule has 0 spiro atoms. The summed E-state index contributed by atoms with van der Waals surface area (Å²) in [4.78, 5) is 25.0. The van der Waals surface area contributed by atoms with Gasteiger partial charge in [0.25, 0.3) is 0 Å². The summed E-state index contributed by atoms with van der Waals surface area (Å²) in [5.74, 6) is 1.67. The van der Waals surface area contributed by atoms with E-state index in [4.69, 9.17) is 4.74 Å². The Labute approximate surface area is 122 Å². The fraction of sp³-hybridized carbons (Fsp3) is 0.429. The number of amides is 2. The Bertz CT molecular complexity index is 507. The molecular weight excluding hydrogens is 276 g/mol. The maximum absolute atomic E-state index is 12.0. The maximum atomic E-state index is 12.0. The number of carbonyl (C=O) groups excluding carboxylic acids is 2. The Morgan fingerprint density at radius 3 is 2.90 bits per heavy atom. The van der Waals surface area contributed by atoms with E-state index < -0.39 is 0 Å². The standard InChI is InChI=1S/C14H18N2O3S/c1-10(11-5-3-4-6-12(11)19-2)15-13(17)7-16-9-20-8-14(16)18/h3-6,10H,7-9H2,1-2H3,(H,15,17). The molecule has 0 bridgehead atoms. The molecule has 1 aliphatic heterocycles. The Balaban J connectivity index is 1.95. The maximum Gasteiger partial charge on any atom is 0.240 e. The predicted molar refractivity (Wildman–Crippen MR) is 78.6 cm³/mol. The monoisotopic (exact) mass is 294 g/mol. The molecule has 1 N–H and O–H groups in total. The number of thioether (sulfide) groups is 1. The van der Waals surface area contributed by atoms with E-state index in [1.165, 1.54) is 11.8 Å². The van der Waals surface area contributed by atoms with E-state index in [2.05, 4.69) is 5.32 Å². The third-order valence-electron chi connectivity index (χ3n) is 3.14. The van der Waals surface area contributed by atoms with Gasteiger partial charge in [-0.25, -0.2) is 0 Å². The summed E-state index contributed by atoms with van der Waals surface area (Å²) in [5, 5.41) is 2.90. The molecule has 1 heterocycles. The van der Waals surface area contributed by atoms with Crippen molar-refractivity contribution in [2.75, 3.05) is 25.3 Å². The molecule has 0 radical (unpaired) electrons. The van der Waals surface area contributed by atoms with E-state index >= 15 is 0 Å². The lowest BCUT2D eigenvalue weighted by molar-refractivity contribution is -0.132. The third-order valence-corrected chi connectivity index (χ3v) is 4.09. The van der Waals surface area contributed by atoms with Gasteiger partial charge in [0.05, 0.1) is 24.8 Å². The highest BCUT2D eigenvalue weighted by molar-refractivity contribution is 8.00. The van der Waals surface area contributed by atoms with E-state index in [0.29, 0.717) is 11.6 Å². The normalized spacial score (nSPS) is 16.1. The van der Waals surface area contributed by atoms with Crippen LogP contribution in [0.5, 0.6) is 5.75 Å². The average molecular weight is 294 g/mol. The van der Waals surface area contributed by atoms with E-state index in [-0.39, 0.29) is 24.4 Å². The van der Waals surface area contributed by atoms with Crippen molar-refractivity contribution in [1.82, 2.24) is 10.2 Å². The fourth-order valence-corrected chi connectivity index (χ4v) is 3.01. The smallest absolute Gasteiger partial charge is 0.240 e. The van der Waals surface area contributed by atoms with Crippen LogP contribution in [-0.2, 0) is 9.59 Å². The summed E-state index contributed by atoms with van der Waals surface area (Å²) >= 11 is 1.53. The van der Waals surface area contributed by atoms with Gasteiger partial charge in [-0.05, 0) is 13.0 Å². The molecule has 20 heavy (non-hydrogen) atoms. The molecule has 108 valence electrons. The van der Waals surface area contributed by atoms with E-state index in [1.807, 2.05) is 31.2 Å². The molecule has 1 atom stereocenters. The molecular formula is C14H18N2O3S. The van der Waals surface area contributed by atoms with Crippen LogP contribution >= 0.6 is 11.8 Å². The first-order valence-corrected chi connectivity index (χ1v) is 7.55. The van der Waals surface area contributed by atoms with Crippen molar-refractivity contribution in [3.8, 4) is 5.75 Å².